The van der Waals surface area contributed by atoms with Crippen LogP contribution in [-0.4, -0.2) is 62.7 Å². The van der Waals surface area contributed by atoms with Gasteiger partial charge in [0, 0.05) is 31.5 Å². The Kier molecular flexibility index (Phi) is 8.46. The highest BCUT2D eigenvalue weighted by molar-refractivity contribution is 5.88. The molecule has 2 fully saturated rings. The molecular formula is C17H32ClN3O3. The van der Waals surface area contributed by atoms with E-state index in [4.69, 9.17) is 4.74 Å². The molecule has 0 aromatic carbocycles. The standard InChI is InChI=1S/C17H31N3O3.ClH/c1-13(2)16(22)20-10-4-5-14(20)15(21)19-11-17(12-23-3)6-8-18-9-7-17;/h13-14,18H,4-12H2,1-3H3,(H,19,21);1H. The third-order valence-corrected chi connectivity index (χ3v) is 5.08. The van der Waals surface area contributed by atoms with Gasteiger partial charge in [-0.05, 0) is 38.8 Å². The van der Waals surface area contributed by atoms with Gasteiger partial charge in [0.05, 0.1) is 6.61 Å². The summed E-state index contributed by atoms with van der Waals surface area (Å²) in [5, 5.41) is 6.46. The summed E-state index contributed by atoms with van der Waals surface area (Å²) in [5.41, 5.74) is 0.0150. The van der Waals surface area contributed by atoms with Gasteiger partial charge in [-0.1, -0.05) is 13.8 Å². The molecule has 0 aromatic rings. The molecule has 140 valence electrons. The van der Waals surface area contributed by atoms with Crippen LogP contribution in [0.1, 0.15) is 39.5 Å². The van der Waals surface area contributed by atoms with E-state index in [0.717, 1.165) is 38.8 Å². The highest BCUT2D eigenvalue weighted by Gasteiger charge is 2.37. The first-order valence-electron chi connectivity index (χ1n) is 8.77. The molecule has 2 aliphatic heterocycles. The number of ether oxygens (including phenoxy) is 1. The maximum absolute atomic E-state index is 12.6. The molecule has 2 saturated heterocycles. The minimum atomic E-state index is -0.300. The van der Waals surface area contributed by atoms with Crippen LogP contribution in [0.25, 0.3) is 0 Å². The molecule has 2 N–H and O–H groups in total. The monoisotopic (exact) mass is 361 g/mol. The predicted octanol–water partition coefficient (Wildman–Crippen LogP) is 1.19. The molecule has 2 amide bonds. The van der Waals surface area contributed by atoms with Crippen molar-refractivity contribution in [2.75, 3.05) is 39.9 Å². The summed E-state index contributed by atoms with van der Waals surface area (Å²) in [6.07, 6.45) is 3.67. The van der Waals surface area contributed by atoms with Crippen LogP contribution in [0.5, 0.6) is 0 Å². The molecule has 1 atom stereocenters. The lowest BCUT2D eigenvalue weighted by Gasteiger charge is -2.37. The molecule has 0 bridgehead atoms. The van der Waals surface area contributed by atoms with E-state index in [1.165, 1.54) is 0 Å². The van der Waals surface area contributed by atoms with Gasteiger partial charge in [0.2, 0.25) is 11.8 Å². The van der Waals surface area contributed by atoms with Crippen LogP contribution in [0.2, 0.25) is 0 Å². The van der Waals surface area contributed by atoms with Gasteiger partial charge in [-0.2, -0.15) is 0 Å². The fourth-order valence-electron chi connectivity index (χ4n) is 3.66. The number of piperidine rings is 1. The topological polar surface area (TPSA) is 70.7 Å². The van der Waals surface area contributed by atoms with E-state index in [1.807, 2.05) is 13.8 Å². The molecule has 0 radical (unpaired) electrons. The Morgan fingerprint density at radius 2 is 2.00 bits per heavy atom. The second kappa shape index (κ2) is 9.59. The Hall–Kier alpha value is -0.850. The van der Waals surface area contributed by atoms with Crippen molar-refractivity contribution < 1.29 is 14.3 Å². The minimum Gasteiger partial charge on any atom is -0.384 e. The zero-order chi connectivity index (χ0) is 16.9. The van der Waals surface area contributed by atoms with Gasteiger partial charge < -0.3 is 20.3 Å². The Labute approximate surface area is 151 Å². The van der Waals surface area contributed by atoms with Crippen LogP contribution in [0.4, 0.5) is 0 Å². The first-order valence-corrected chi connectivity index (χ1v) is 8.77. The van der Waals surface area contributed by atoms with Crippen LogP contribution in [-0.2, 0) is 14.3 Å². The smallest absolute Gasteiger partial charge is 0.242 e. The summed E-state index contributed by atoms with van der Waals surface area (Å²) in [4.78, 5) is 26.6. The summed E-state index contributed by atoms with van der Waals surface area (Å²) < 4.78 is 5.39. The average molecular weight is 362 g/mol. The first kappa shape index (κ1) is 21.2. The lowest BCUT2D eigenvalue weighted by atomic mass is 9.79. The van der Waals surface area contributed by atoms with Crippen molar-refractivity contribution in [2.24, 2.45) is 11.3 Å². The van der Waals surface area contributed by atoms with Crippen molar-refractivity contribution in [3.05, 3.63) is 0 Å². The zero-order valence-electron chi connectivity index (χ0n) is 15.1. The van der Waals surface area contributed by atoms with E-state index in [2.05, 4.69) is 10.6 Å². The molecule has 6 nitrogen and oxygen atoms in total. The number of methoxy groups -OCH3 is 1. The van der Waals surface area contributed by atoms with Gasteiger partial charge in [-0.25, -0.2) is 0 Å². The van der Waals surface area contributed by atoms with Gasteiger partial charge in [0.25, 0.3) is 0 Å². The fourth-order valence-corrected chi connectivity index (χ4v) is 3.66. The van der Waals surface area contributed by atoms with Gasteiger partial charge >= 0.3 is 0 Å². The lowest BCUT2D eigenvalue weighted by Crippen LogP contribution is -2.52. The van der Waals surface area contributed by atoms with Crippen molar-refractivity contribution in [1.29, 1.82) is 0 Å². The maximum atomic E-state index is 12.6. The number of hydrogen-bond acceptors (Lipinski definition) is 4. The largest absolute Gasteiger partial charge is 0.384 e. The van der Waals surface area contributed by atoms with E-state index in [0.29, 0.717) is 19.7 Å². The molecule has 7 heteroatoms. The Bertz CT molecular complexity index is 420. The van der Waals surface area contributed by atoms with Gasteiger partial charge in [-0.15, -0.1) is 12.4 Å². The SMILES string of the molecule is COCC1(CNC(=O)C2CCCN2C(=O)C(C)C)CCNCC1.Cl. The second-order valence-corrected chi connectivity index (χ2v) is 7.25. The van der Waals surface area contributed by atoms with E-state index in [9.17, 15) is 9.59 Å². The number of nitrogens with one attached hydrogen (secondary N) is 2. The van der Waals surface area contributed by atoms with E-state index >= 15 is 0 Å². The summed E-state index contributed by atoms with van der Waals surface area (Å²) in [6.45, 7) is 7.68. The maximum Gasteiger partial charge on any atom is 0.242 e. The van der Waals surface area contributed by atoms with E-state index < -0.39 is 0 Å². The normalized spacial score (nSPS) is 23.0. The number of hydrogen-bond donors (Lipinski definition) is 2. The summed E-state index contributed by atoms with van der Waals surface area (Å²) >= 11 is 0. The quantitative estimate of drug-likeness (QED) is 0.745. The van der Waals surface area contributed by atoms with E-state index in [-0.39, 0.29) is 41.6 Å². The highest BCUT2D eigenvalue weighted by atomic mass is 35.5. The average Bonchev–Trinajstić information content (AvgIpc) is 3.02. The summed E-state index contributed by atoms with van der Waals surface area (Å²) in [5.74, 6) is 0.00860. The predicted molar refractivity (Wildman–Crippen MR) is 96.2 cm³/mol. The van der Waals surface area contributed by atoms with Crippen molar-refractivity contribution in [1.82, 2.24) is 15.5 Å². The van der Waals surface area contributed by atoms with Gasteiger partial charge in [0.15, 0.2) is 0 Å². The third kappa shape index (κ3) is 5.07. The number of rotatable bonds is 6. The molecule has 2 aliphatic rings. The molecule has 0 spiro atoms. The molecule has 0 aromatic heterocycles. The minimum absolute atomic E-state index is 0. The molecule has 2 heterocycles. The van der Waals surface area contributed by atoms with Crippen LogP contribution in [0.15, 0.2) is 0 Å². The highest BCUT2D eigenvalue weighted by Crippen LogP contribution is 2.28. The number of nitrogens with zero attached hydrogens (tertiary/aromatic N) is 1. The van der Waals surface area contributed by atoms with Gasteiger partial charge in [0.1, 0.15) is 6.04 Å². The third-order valence-electron chi connectivity index (χ3n) is 5.08. The number of likely N-dealkylation sites (tertiary alicyclic amines) is 1. The van der Waals surface area contributed by atoms with Crippen molar-refractivity contribution in [2.45, 2.75) is 45.6 Å². The number of amides is 2. The van der Waals surface area contributed by atoms with Crippen molar-refractivity contribution in [3.8, 4) is 0 Å². The molecule has 0 aliphatic carbocycles. The van der Waals surface area contributed by atoms with Crippen molar-refractivity contribution >= 4 is 24.2 Å². The molecular weight excluding hydrogens is 330 g/mol. The van der Waals surface area contributed by atoms with Gasteiger partial charge in [-0.3, -0.25) is 9.59 Å². The Balaban J connectivity index is 0.00000288. The number of carbonyl (C=O) groups is 2. The Morgan fingerprint density at radius 1 is 1.33 bits per heavy atom. The fraction of sp³-hybridized carbons (Fsp3) is 0.882. The lowest BCUT2D eigenvalue weighted by molar-refractivity contribution is -0.141. The summed E-state index contributed by atoms with van der Waals surface area (Å²) in [7, 11) is 1.71. The van der Waals surface area contributed by atoms with Crippen molar-refractivity contribution in [3.63, 3.8) is 0 Å². The molecule has 1 unspecified atom stereocenters. The van der Waals surface area contributed by atoms with E-state index in [1.54, 1.807) is 12.0 Å². The molecule has 2 rings (SSSR count). The van der Waals surface area contributed by atoms with Crippen LogP contribution in [0.3, 0.4) is 0 Å². The molecule has 24 heavy (non-hydrogen) atoms. The second-order valence-electron chi connectivity index (χ2n) is 7.25. The van der Waals surface area contributed by atoms with Crippen LogP contribution in [0, 0.1) is 11.3 Å². The Morgan fingerprint density at radius 3 is 2.58 bits per heavy atom. The van der Waals surface area contributed by atoms with Crippen LogP contribution >= 0.6 is 12.4 Å². The number of carbonyl (C=O) groups excluding carboxylic acids is 2. The summed E-state index contributed by atoms with van der Waals surface area (Å²) in [6, 6.07) is -0.300. The first-order chi connectivity index (χ1) is 11.0. The zero-order valence-corrected chi connectivity index (χ0v) is 15.9. The number of halogens is 1. The van der Waals surface area contributed by atoms with Crippen LogP contribution < -0.4 is 10.6 Å². The molecule has 0 saturated carbocycles.